The van der Waals surface area contributed by atoms with Gasteiger partial charge in [0.2, 0.25) is 11.8 Å². The van der Waals surface area contributed by atoms with Crippen molar-refractivity contribution in [1.82, 2.24) is 4.90 Å². The van der Waals surface area contributed by atoms with E-state index in [4.69, 9.17) is 4.74 Å². The van der Waals surface area contributed by atoms with Crippen LogP contribution in [0.5, 0.6) is 0 Å². The van der Waals surface area contributed by atoms with E-state index in [0.717, 1.165) is 16.0 Å². The topological polar surface area (TPSA) is 92.8 Å². The minimum absolute atomic E-state index is 0.128. The zero-order valence-corrected chi connectivity index (χ0v) is 18.4. The largest absolute Gasteiger partial charge is 0.454 e. The maximum atomic E-state index is 13.1. The Morgan fingerprint density at radius 3 is 2.21 bits per heavy atom. The standard InChI is InChI=1S/C26H26N2O5/c1-17-9-5-8-14-21(17)27-23(29)16-33-26(32)22(15-18-10-3-2-4-11-18)28-24(30)19-12-6-7-13-20(19)25(28)31/h2-11,14,19-20,22H,12-13,15-16H2,1H3,(H,27,29)/t19-,20+,22-/m1/s1. The summed E-state index contributed by atoms with van der Waals surface area (Å²) in [5.74, 6) is -2.86. The molecule has 1 saturated heterocycles. The van der Waals surface area contributed by atoms with Gasteiger partial charge in [-0.1, -0.05) is 60.7 Å². The van der Waals surface area contributed by atoms with Crippen molar-refractivity contribution in [2.24, 2.45) is 11.8 Å². The van der Waals surface area contributed by atoms with Gasteiger partial charge in [-0.25, -0.2) is 4.79 Å². The molecule has 0 aromatic heterocycles. The molecule has 3 amide bonds. The molecular formula is C26H26N2O5. The van der Waals surface area contributed by atoms with Crippen molar-refractivity contribution in [3.05, 3.63) is 77.9 Å². The molecule has 2 aliphatic rings. The molecule has 170 valence electrons. The number of carbonyl (C=O) groups is 4. The van der Waals surface area contributed by atoms with Crippen molar-refractivity contribution in [3.63, 3.8) is 0 Å². The lowest BCUT2D eigenvalue weighted by molar-refractivity contribution is -0.159. The Morgan fingerprint density at radius 2 is 1.58 bits per heavy atom. The summed E-state index contributed by atoms with van der Waals surface area (Å²) in [4.78, 5) is 52.7. The van der Waals surface area contributed by atoms with Gasteiger partial charge in [0.15, 0.2) is 6.61 Å². The maximum Gasteiger partial charge on any atom is 0.330 e. The molecule has 33 heavy (non-hydrogen) atoms. The van der Waals surface area contributed by atoms with Gasteiger partial charge in [-0.3, -0.25) is 19.3 Å². The van der Waals surface area contributed by atoms with E-state index in [1.807, 2.05) is 61.5 Å². The molecule has 4 rings (SSSR count). The highest BCUT2D eigenvalue weighted by atomic mass is 16.5. The monoisotopic (exact) mass is 446 g/mol. The Bertz CT molecular complexity index is 1070. The van der Waals surface area contributed by atoms with Crippen LogP contribution < -0.4 is 5.32 Å². The normalized spacial score (nSPS) is 20.3. The fourth-order valence-corrected chi connectivity index (χ4v) is 4.38. The first kappa shape index (κ1) is 22.5. The van der Waals surface area contributed by atoms with Gasteiger partial charge in [0, 0.05) is 12.1 Å². The number of hydrogen-bond donors (Lipinski definition) is 1. The fourth-order valence-electron chi connectivity index (χ4n) is 4.38. The molecule has 0 spiro atoms. The van der Waals surface area contributed by atoms with Crippen molar-refractivity contribution in [3.8, 4) is 0 Å². The van der Waals surface area contributed by atoms with Crippen LogP contribution in [0.2, 0.25) is 0 Å². The van der Waals surface area contributed by atoms with Crippen molar-refractivity contribution >= 4 is 29.4 Å². The molecule has 0 radical (unpaired) electrons. The number of nitrogens with one attached hydrogen (secondary N) is 1. The number of fused-ring (bicyclic) bond motifs is 1. The summed E-state index contributed by atoms with van der Waals surface area (Å²) < 4.78 is 5.30. The summed E-state index contributed by atoms with van der Waals surface area (Å²) in [6.07, 6.45) is 4.89. The van der Waals surface area contributed by atoms with Crippen LogP contribution in [-0.4, -0.2) is 41.2 Å². The molecule has 1 aliphatic carbocycles. The Balaban J connectivity index is 1.49. The first-order chi connectivity index (χ1) is 16.0. The summed E-state index contributed by atoms with van der Waals surface area (Å²) in [6.45, 7) is 1.35. The number of esters is 1. The Morgan fingerprint density at radius 1 is 0.970 bits per heavy atom. The number of anilines is 1. The average molecular weight is 447 g/mol. The number of hydrogen-bond acceptors (Lipinski definition) is 5. The second kappa shape index (κ2) is 9.81. The number of ether oxygens (including phenoxy) is 1. The highest BCUT2D eigenvalue weighted by molar-refractivity contribution is 6.08. The average Bonchev–Trinajstić information content (AvgIpc) is 3.08. The van der Waals surface area contributed by atoms with Gasteiger partial charge < -0.3 is 10.1 Å². The lowest BCUT2D eigenvalue weighted by Gasteiger charge is -2.25. The van der Waals surface area contributed by atoms with E-state index in [-0.39, 0.29) is 18.2 Å². The predicted octanol–water partition coefficient (Wildman–Crippen LogP) is 3.04. The fraction of sp³-hybridized carbons (Fsp3) is 0.308. The molecule has 0 saturated carbocycles. The maximum absolute atomic E-state index is 13.1. The van der Waals surface area contributed by atoms with Crippen molar-refractivity contribution < 1.29 is 23.9 Å². The van der Waals surface area contributed by atoms with E-state index < -0.39 is 36.4 Å². The van der Waals surface area contributed by atoms with Crippen molar-refractivity contribution in [1.29, 1.82) is 0 Å². The molecule has 3 atom stereocenters. The molecular weight excluding hydrogens is 420 g/mol. The molecule has 1 N–H and O–H groups in total. The molecule has 0 unspecified atom stereocenters. The van der Waals surface area contributed by atoms with Crippen LogP contribution in [0, 0.1) is 18.8 Å². The SMILES string of the molecule is Cc1ccccc1NC(=O)COC(=O)[C@@H](Cc1ccccc1)N1C(=O)[C@H]2CC=CC[C@H]2C1=O. The highest BCUT2D eigenvalue weighted by Crippen LogP contribution is 2.36. The molecule has 0 bridgehead atoms. The number of likely N-dealkylation sites (tertiary alicyclic amines) is 1. The summed E-state index contributed by atoms with van der Waals surface area (Å²) in [5.41, 5.74) is 2.29. The molecule has 1 fully saturated rings. The predicted molar refractivity (Wildman–Crippen MR) is 122 cm³/mol. The molecule has 1 heterocycles. The first-order valence-electron chi connectivity index (χ1n) is 11.0. The number of imide groups is 1. The van der Waals surface area contributed by atoms with E-state index in [9.17, 15) is 19.2 Å². The second-order valence-corrected chi connectivity index (χ2v) is 8.38. The van der Waals surface area contributed by atoms with Gasteiger partial charge in [-0.2, -0.15) is 0 Å². The summed E-state index contributed by atoms with van der Waals surface area (Å²) >= 11 is 0. The van der Waals surface area contributed by atoms with E-state index in [1.165, 1.54) is 0 Å². The summed E-state index contributed by atoms with van der Waals surface area (Å²) in [5, 5.41) is 2.71. The number of allylic oxidation sites excluding steroid dienone is 2. The molecule has 1 aliphatic heterocycles. The van der Waals surface area contributed by atoms with Gasteiger partial charge in [-0.15, -0.1) is 0 Å². The van der Waals surface area contributed by atoms with Crippen molar-refractivity contribution in [2.75, 3.05) is 11.9 Å². The number of amides is 3. The highest BCUT2D eigenvalue weighted by Gasteiger charge is 2.51. The number of rotatable bonds is 7. The summed E-state index contributed by atoms with van der Waals surface area (Å²) in [7, 11) is 0. The Hall–Kier alpha value is -3.74. The smallest absolute Gasteiger partial charge is 0.330 e. The van der Waals surface area contributed by atoms with Crippen LogP contribution in [-0.2, 0) is 30.3 Å². The second-order valence-electron chi connectivity index (χ2n) is 8.38. The third-order valence-electron chi connectivity index (χ3n) is 6.16. The molecule has 7 heteroatoms. The molecule has 7 nitrogen and oxygen atoms in total. The number of benzene rings is 2. The molecule has 2 aromatic rings. The molecule has 2 aromatic carbocycles. The Labute approximate surface area is 192 Å². The van der Waals surface area contributed by atoms with Crippen LogP contribution >= 0.6 is 0 Å². The quantitative estimate of drug-likeness (QED) is 0.401. The number of aryl methyl sites for hydroxylation is 1. The zero-order valence-electron chi connectivity index (χ0n) is 18.4. The lowest BCUT2D eigenvalue weighted by Crippen LogP contribution is -2.48. The Kier molecular flexibility index (Phi) is 6.68. The minimum atomic E-state index is -1.12. The van der Waals surface area contributed by atoms with Gasteiger partial charge in [0.1, 0.15) is 6.04 Å². The van der Waals surface area contributed by atoms with Gasteiger partial charge in [0.05, 0.1) is 11.8 Å². The minimum Gasteiger partial charge on any atom is -0.454 e. The lowest BCUT2D eigenvalue weighted by atomic mass is 9.85. The van der Waals surface area contributed by atoms with Crippen LogP contribution in [0.1, 0.15) is 24.0 Å². The van der Waals surface area contributed by atoms with Crippen LogP contribution in [0.3, 0.4) is 0 Å². The van der Waals surface area contributed by atoms with Crippen molar-refractivity contribution in [2.45, 2.75) is 32.2 Å². The van der Waals surface area contributed by atoms with Gasteiger partial charge >= 0.3 is 5.97 Å². The number of para-hydroxylation sites is 1. The summed E-state index contributed by atoms with van der Waals surface area (Å²) in [6, 6.07) is 15.3. The number of carbonyl (C=O) groups excluding carboxylic acids is 4. The van der Waals surface area contributed by atoms with Gasteiger partial charge in [-0.05, 0) is 37.0 Å². The van der Waals surface area contributed by atoms with E-state index >= 15 is 0 Å². The number of nitrogens with zero attached hydrogens (tertiary/aromatic N) is 1. The van der Waals surface area contributed by atoms with Gasteiger partial charge in [0.25, 0.3) is 5.91 Å². The van der Waals surface area contributed by atoms with E-state index in [1.54, 1.807) is 12.1 Å². The first-order valence-corrected chi connectivity index (χ1v) is 11.0. The van der Waals surface area contributed by atoms with E-state index in [2.05, 4.69) is 5.32 Å². The van der Waals surface area contributed by atoms with Crippen LogP contribution in [0.4, 0.5) is 5.69 Å². The third-order valence-corrected chi connectivity index (χ3v) is 6.16. The van der Waals surface area contributed by atoms with E-state index in [0.29, 0.717) is 18.5 Å². The van der Waals surface area contributed by atoms with Crippen LogP contribution in [0.15, 0.2) is 66.7 Å². The van der Waals surface area contributed by atoms with Crippen LogP contribution in [0.25, 0.3) is 0 Å². The third kappa shape index (κ3) is 4.87. The zero-order chi connectivity index (χ0) is 23.4.